The fourth-order valence-electron chi connectivity index (χ4n) is 8.13. The van der Waals surface area contributed by atoms with Gasteiger partial charge >= 0.3 is 12.1 Å². The summed E-state index contributed by atoms with van der Waals surface area (Å²) in [7, 11) is 0. The van der Waals surface area contributed by atoms with Crippen LogP contribution in [0.15, 0.2) is 84.9 Å². The predicted molar refractivity (Wildman–Crippen MR) is 190 cm³/mol. The molecule has 266 valence electrons. The van der Waals surface area contributed by atoms with E-state index in [1.807, 2.05) is 60.7 Å². The van der Waals surface area contributed by atoms with Gasteiger partial charge in [-0.1, -0.05) is 84.9 Å². The Labute approximate surface area is 298 Å². The first-order valence-corrected chi connectivity index (χ1v) is 18.1. The number of hydrogen-bond donors (Lipinski definition) is 2. The van der Waals surface area contributed by atoms with Crippen molar-refractivity contribution in [3.8, 4) is 11.1 Å². The van der Waals surface area contributed by atoms with Gasteiger partial charge in [-0.25, -0.2) is 9.59 Å². The second-order valence-electron chi connectivity index (χ2n) is 14.0. The van der Waals surface area contributed by atoms with Crippen LogP contribution < -0.4 is 5.32 Å². The van der Waals surface area contributed by atoms with E-state index in [1.165, 1.54) is 0 Å². The molecule has 0 saturated carbocycles. The smallest absolute Gasteiger partial charge is 0.407 e. The summed E-state index contributed by atoms with van der Waals surface area (Å²) in [6, 6.07) is 22.6. The van der Waals surface area contributed by atoms with Gasteiger partial charge in [0.2, 0.25) is 11.8 Å². The van der Waals surface area contributed by atoms with Crippen LogP contribution in [0.5, 0.6) is 0 Å². The maximum atomic E-state index is 14.0. The predicted octanol–water partition coefficient (Wildman–Crippen LogP) is 5.12. The highest BCUT2D eigenvalue weighted by molar-refractivity contribution is 5.87. The molecule has 0 spiro atoms. The summed E-state index contributed by atoms with van der Waals surface area (Å²) in [5, 5.41) is 12.9. The number of esters is 1. The van der Waals surface area contributed by atoms with Crippen LogP contribution in [0.2, 0.25) is 0 Å². The minimum absolute atomic E-state index is 0.0109. The van der Waals surface area contributed by atoms with Gasteiger partial charge in [-0.15, -0.1) is 0 Å². The Balaban J connectivity index is 1.00. The lowest BCUT2D eigenvalue weighted by atomic mass is 9.92. The molecule has 4 aliphatic rings. The summed E-state index contributed by atoms with van der Waals surface area (Å²) in [4.78, 5) is 57.7. The Morgan fingerprint density at radius 2 is 1.61 bits per heavy atom. The van der Waals surface area contributed by atoms with E-state index in [0.717, 1.165) is 39.8 Å². The number of cyclic esters (lactones) is 1. The van der Waals surface area contributed by atoms with Crippen molar-refractivity contribution in [2.24, 2.45) is 5.92 Å². The number of hydrogen-bond acceptors (Lipinski definition) is 7. The molecule has 0 unspecified atom stereocenters. The summed E-state index contributed by atoms with van der Waals surface area (Å²) in [5.41, 5.74) is 6.64. The van der Waals surface area contributed by atoms with Crippen LogP contribution in [-0.4, -0.2) is 83.3 Å². The summed E-state index contributed by atoms with van der Waals surface area (Å²) in [6.45, 7) is 0.911. The molecule has 3 aromatic carbocycles. The summed E-state index contributed by atoms with van der Waals surface area (Å²) < 4.78 is 11.5. The number of nitrogens with one attached hydrogen (secondary N) is 1. The van der Waals surface area contributed by atoms with Crippen LogP contribution in [0, 0.1) is 5.92 Å². The molecule has 7 rings (SSSR count). The van der Waals surface area contributed by atoms with Gasteiger partial charge in [0.15, 0.2) is 0 Å². The molecule has 4 atom stereocenters. The van der Waals surface area contributed by atoms with Crippen molar-refractivity contribution in [3.63, 3.8) is 0 Å². The average molecular weight is 692 g/mol. The second kappa shape index (κ2) is 15.5. The first-order valence-electron chi connectivity index (χ1n) is 18.1. The van der Waals surface area contributed by atoms with Crippen LogP contribution in [0.25, 0.3) is 11.1 Å². The lowest BCUT2D eigenvalue weighted by Crippen LogP contribution is -2.48. The Hall–Kier alpha value is -4.96. The molecule has 3 amide bonds. The monoisotopic (exact) mass is 691 g/mol. The summed E-state index contributed by atoms with van der Waals surface area (Å²) >= 11 is 0. The molecule has 0 aromatic heterocycles. The van der Waals surface area contributed by atoms with Gasteiger partial charge in [0.25, 0.3) is 0 Å². The Bertz CT molecular complexity index is 1760. The van der Waals surface area contributed by atoms with Gasteiger partial charge in [-0.2, -0.15) is 0 Å². The third-order valence-corrected chi connectivity index (χ3v) is 10.9. The standard InChI is InChI=1S/C41H45N3O7/c45-24-31-21-27-11-4-5-13-29(27)23-44(31)38(46)22-28-12-2-1-3-19-37(40(48)50-25-30-14-10-20-43(30)39(28)47)42-41(49)51-26-36-34-17-8-6-15-32(34)33-16-7-9-18-35(33)36/h1-2,4-9,11,13,15-18,28,30-31,36-37,45H,3,10,12,14,19-26H2,(H,42,49)/t28-,30+,31+,37+/m1/s1. The van der Waals surface area contributed by atoms with E-state index in [0.29, 0.717) is 38.8 Å². The Morgan fingerprint density at radius 3 is 2.35 bits per heavy atom. The summed E-state index contributed by atoms with van der Waals surface area (Å²) in [5.74, 6) is -1.55. The van der Waals surface area contributed by atoms with Gasteiger partial charge in [0.05, 0.1) is 24.6 Å². The fraction of sp³-hybridized carbons (Fsp3) is 0.415. The number of amides is 3. The lowest BCUT2D eigenvalue weighted by Gasteiger charge is -2.37. The van der Waals surface area contributed by atoms with Crippen molar-refractivity contribution in [3.05, 3.63) is 107 Å². The number of alkyl carbamates (subject to hydrolysis) is 1. The van der Waals surface area contributed by atoms with Crippen molar-refractivity contribution >= 4 is 23.9 Å². The number of nitrogens with zero attached hydrogens (tertiary/aromatic N) is 2. The van der Waals surface area contributed by atoms with Crippen LogP contribution in [-0.2, 0) is 36.8 Å². The molecule has 3 heterocycles. The van der Waals surface area contributed by atoms with E-state index in [2.05, 4.69) is 29.6 Å². The molecule has 3 aliphatic heterocycles. The van der Waals surface area contributed by atoms with E-state index in [4.69, 9.17) is 9.47 Å². The maximum absolute atomic E-state index is 14.0. The third kappa shape index (κ3) is 7.42. The van der Waals surface area contributed by atoms with Crippen molar-refractivity contribution in [1.29, 1.82) is 0 Å². The number of aliphatic hydroxyl groups is 1. The first kappa shape index (κ1) is 34.5. The molecule has 10 heteroatoms. The third-order valence-electron chi connectivity index (χ3n) is 10.9. The molecule has 1 saturated heterocycles. The van der Waals surface area contributed by atoms with E-state index >= 15 is 0 Å². The number of aliphatic hydroxyl groups excluding tert-OH is 1. The van der Waals surface area contributed by atoms with Crippen LogP contribution in [0.3, 0.4) is 0 Å². The van der Waals surface area contributed by atoms with E-state index in [1.54, 1.807) is 9.80 Å². The molecule has 1 fully saturated rings. The number of rotatable bonds is 6. The van der Waals surface area contributed by atoms with E-state index in [9.17, 15) is 24.3 Å². The number of carbonyl (C=O) groups is 4. The highest BCUT2D eigenvalue weighted by Crippen LogP contribution is 2.44. The zero-order chi connectivity index (χ0) is 35.3. The van der Waals surface area contributed by atoms with Crippen molar-refractivity contribution in [2.75, 3.05) is 26.4 Å². The Morgan fingerprint density at radius 1 is 0.902 bits per heavy atom. The minimum atomic E-state index is -0.925. The fourth-order valence-corrected chi connectivity index (χ4v) is 8.13. The van der Waals surface area contributed by atoms with Crippen molar-refractivity contribution in [1.82, 2.24) is 15.1 Å². The van der Waals surface area contributed by atoms with Crippen LogP contribution >= 0.6 is 0 Å². The number of benzene rings is 3. The number of ether oxygens (including phenoxy) is 2. The normalized spacial score (nSPS) is 23.5. The topological polar surface area (TPSA) is 125 Å². The lowest BCUT2D eigenvalue weighted by molar-refractivity contribution is -0.151. The molecule has 51 heavy (non-hydrogen) atoms. The quantitative estimate of drug-likeness (QED) is 0.272. The van der Waals surface area contributed by atoms with Gasteiger partial charge in [0, 0.05) is 25.4 Å². The van der Waals surface area contributed by atoms with Gasteiger partial charge in [0.1, 0.15) is 19.3 Å². The molecule has 1 aliphatic carbocycles. The zero-order valence-electron chi connectivity index (χ0n) is 28.7. The molecule has 2 N–H and O–H groups in total. The maximum Gasteiger partial charge on any atom is 0.407 e. The van der Waals surface area contributed by atoms with Gasteiger partial charge in [-0.05, 0) is 71.9 Å². The SMILES string of the molecule is O=C(N[C@H]1CCC=CC[C@H](CC(=O)N2Cc3ccccc3C[C@H]2CO)C(=O)N2CCC[C@H]2COC1=O)OCC1c2ccccc2-c2ccccc21. The first-order chi connectivity index (χ1) is 24.9. The van der Waals surface area contributed by atoms with Gasteiger partial charge < -0.3 is 29.7 Å². The largest absolute Gasteiger partial charge is 0.462 e. The summed E-state index contributed by atoms with van der Waals surface area (Å²) in [6.07, 6.45) is 6.22. The molecular formula is C41H45N3O7. The molecule has 10 nitrogen and oxygen atoms in total. The van der Waals surface area contributed by atoms with Crippen molar-refractivity contribution < 1.29 is 33.8 Å². The van der Waals surface area contributed by atoms with E-state index in [-0.39, 0.29) is 62.5 Å². The number of allylic oxidation sites excluding steroid dienone is 2. The minimum Gasteiger partial charge on any atom is -0.462 e. The highest BCUT2D eigenvalue weighted by Gasteiger charge is 2.38. The van der Waals surface area contributed by atoms with Crippen LogP contribution in [0.1, 0.15) is 66.7 Å². The molecular weight excluding hydrogens is 646 g/mol. The van der Waals surface area contributed by atoms with Gasteiger partial charge in [-0.3, -0.25) is 9.59 Å². The number of carbonyl (C=O) groups excluding carboxylic acids is 4. The van der Waals surface area contributed by atoms with Crippen LogP contribution in [0.4, 0.5) is 4.79 Å². The molecule has 0 radical (unpaired) electrons. The second-order valence-corrected chi connectivity index (χ2v) is 14.0. The molecule has 3 aromatic rings. The average Bonchev–Trinajstić information content (AvgIpc) is 3.76. The zero-order valence-corrected chi connectivity index (χ0v) is 28.7. The number of fused-ring (bicyclic) bond motifs is 5. The Kier molecular flexibility index (Phi) is 10.5. The molecule has 0 bridgehead atoms. The van der Waals surface area contributed by atoms with E-state index < -0.39 is 24.0 Å². The highest BCUT2D eigenvalue weighted by atomic mass is 16.6. The van der Waals surface area contributed by atoms with Crippen molar-refractivity contribution in [2.45, 2.75) is 75.5 Å².